The Bertz CT molecular complexity index is 920. The highest BCUT2D eigenvalue weighted by Crippen LogP contribution is 2.43. The molecule has 0 bridgehead atoms. The number of halogens is 3. The van der Waals surface area contributed by atoms with Crippen LogP contribution in [0.3, 0.4) is 0 Å². The first kappa shape index (κ1) is 19.5. The molecule has 0 aliphatic carbocycles. The van der Waals surface area contributed by atoms with E-state index in [9.17, 15) is 23.1 Å². The van der Waals surface area contributed by atoms with Gasteiger partial charge in [-0.15, -0.1) is 22.7 Å². The van der Waals surface area contributed by atoms with Crippen LogP contribution in [-0.4, -0.2) is 27.2 Å². The number of furan rings is 1. The molecular formula is C16H13F3N2O4S2. The van der Waals surface area contributed by atoms with Gasteiger partial charge in [0.25, 0.3) is 0 Å². The average molecular weight is 418 g/mol. The lowest BCUT2D eigenvalue weighted by Crippen LogP contribution is -2.44. The number of alkyl halides is 3. The molecule has 0 spiro atoms. The van der Waals surface area contributed by atoms with Crippen molar-refractivity contribution < 1.29 is 32.2 Å². The van der Waals surface area contributed by atoms with Gasteiger partial charge in [-0.1, -0.05) is 0 Å². The summed E-state index contributed by atoms with van der Waals surface area (Å²) in [6.07, 6.45) is -4.89. The Morgan fingerprint density at radius 1 is 1.30 bits per heavy atom. The van der Waals surface area contributed by atoms with Crippen molar-refractivity contribution in [2.24, 2.45) is 0 Å². The summed E-state index contributed by atoms with van der Waals surface area (Å²) in [6.45, 7) is 1.18. The van der Waals surface area contributed by atoms with Crippen LogP contribution in [0.2, 0.25) is 0 Å². The highest BCUT2D eigenvalue weighted by molar-refractivity contribution is 7.13. The fourth-order valence-electron chi connectivity index (χ4n) is 2.14. The normalized spacial score (nSPS) is 14.1. The fourth-order valence-corrected chi connectivity index (χ4v) is 3.83. The number of thiazole rings is 2. The van der Waals surface area contributed by atoms with Gasteiger partial charge in [-0.2, -0.15) is 13.2 Å². The maximum Gasteiger partial charge on any atom is 0.424 e. The van der Waals surface area contributed by atoms with Crippen molar-refractivity contribution in [1.29, 1.82) is 0 Å². The van der Waals surface area contributed by atoms with E-state index in [4.69, 9.17) is 9.15 Å². The molecule has 1 N–H and O–H groups in total. The van der Waals surface area contributed by atoms with Gasteiger partial charge in [-0.05, 0) is 19.1 Å². The number of aliphatic hydroxyl groups is 1. The Morgan fingerprint density at radius 3 is 2.67 bits per heavy atom. The third-order valence-corrected chi connectivity index (χ3v) is 5.52. The molecule has 0 saturated carbocycles. The molecule has 0 aliphatic heterocycles. The number of hydrogen-bond donors (Lipinski definition) is 1. The van der Waals surface area contributed by atoms with E-state index in [0.717, 1.165) is 0 Å². The zero-order valence-corrected chi connectivity index (χ0v) is 15.5. The van der Waals surface area contributed by atoms with Crippen molar-refractivity contribution in [2.75, 3.05) is 0 Å². The molecule has 0 fully saturated rings. The Balaban J connectivity index is 1.67. The molecule has 3 aromatic heterocycles. The molecule has 0 amide bonds. The van der Waals surface area contributed by atoms with Crippen LogP contribution in [0.15, 0.2) is 33.6 Å². The first-order valence-electron chi connectivity index (χ1n) is 7.54. The van der Waals surface area contributed by atoms with E-state index in [-0.39, 0.29) is 6.61 Å². The smallest absolute Gasteiger partial charge is 0.424 e. The predicted molar refractivity (Wildman–Crippen MR) is 91.0 cm³/mol. The van der Waals surface area contributed by atoms with E-state index < -0.39 is 29.2 Å². The summed E-state index contributed by atoms with van der Waals surface area (Å²) >= 11 is 1.87. The Kier molecular flexibility index (Phi) is 5.36. The third kappa shape index (κ3) is 4.20. The van der Waals surface area contributed by atoms with Crippen LogP contribution in [0.1, 0.15) is 22.8 Å². The SMILES string of the molecule is Cc1csc([C@@](O)(CC(=O)OCc2csc(-c3ccco3)n2)C(F)(F)F)n1. The van der Waals surface area contributed by atoms with E-state index in [1.165, 1.54) is 29.9 Å². The quantitative estimate of drug-likeness (QED) is 0.608. The van der Waals surface area contributed by atoms with Crippen molar-refractivity contribution in [3.05, 3.63) is 45.6 Å². The van der Waals surface area contributed by atoms with Gasteiger partial charge in [-0.25, -0.2) is 9.97 Å². The van der Waals surface area contributed by atoms with E-state index in [2.05, 4.69) is 9.97 Å². The number of rotatable bonds is 6. The molecular weight excluding hydrogens is 405 g/mol. The van der Waals surface area contributed by atoms with Crippen molar-refractivity contribution >= 4 is 28.6 Å². The number of aromatic nitrogens is 2. The molecule has 0 saturated heterocycles. The van der Waals surface area contributed by atoms with Gasteiger partial charge in [0, 0.05) is 16.5 Å². The summed E-state index contributed by atoms with van der Waals surface area (Å²) in [5.74, 6) is -0.682. The van der Waals surface area contributed by atoms with Crippen LogP contribution in [0.25, 0.3) is 10.8 Å². The van der Waals surface area contributed by atoms with Crippen LogP contribution in [0.5, 0.6) is 0 Å². The van der Waals surface area contributed by atoms with Gasteiger partial charge in [-0.3, -0.25) is 4.79 Å². The number of nitrogens with zero attached hydrogens (tertiary/aromatic N) is 2. The van der Waals surface area contributed by atoms with E-state index in [1.54, 1.807) is 17.5 Å². The summed E-state index contributed by atoms with van der Waals surface area (Å²) in [5.41, 5.74) is -2.72. The van der Waals surface area contributed by atoms with E-state index >= 15 is 0 Å². The lowest BCUT2D eigenvalue weighted by Gasteiger charge is -2.27. The highest BCUT2D eigenvalue weighted by Gasteiger charge is 2.58. The molecule has 0 aliphatic rings. The van der Waals surface area contributed by atoms with Crippen LogP contribution in [-0.2, 0) is 21.7 Å². The van der Waals surface area contributed by atoms with Gasteiger partial charge in [0.2, 0.25) is 5.60 Å². The Hall–Kier alpha value is -2.24. The molecule has 1 atom stereocenters. The monoisotopic (exact) mass is 418 g/mol. The van der Waals surface area contributed by atoms with Crippen molar-refractivity contribution in [3.63, 3.8) is 0 Å². The van der Waals surface area contributed by atoms with Gasteiger partial charge < -0.3 is 14.3 Å². The van der Waals surface area contributed by atoms with Gasteiger partial charge in [0.05, 0.1) is 18.4 Å². The number of hydrogen-bond acceptors (Lipinski definition) is 8. The molecule has 27 heavy (non-hydrogen) atoms. The lowest BCUT2D eigenvalue weighted by atomic mass is 10.00. The molecule has 3 aromatic rings. The topological polar surface area (TPSA) is 85.5 Å². The van der Waals surface area contributed by atoms with Crippen molar-refractivity contribution in [3.8, 4) is 10.8 Å². The van der Waals surface area contributed by atoms with Crippen molar-refractivity contribution in [2.45, 2.75) is 31.7 Å². The molecule has 0 unspecified atom stereocenters. The maximum atomic E-state index is 13.4. The standard InChI is InChI=1S/C16H13F3N2O4S2/c1-9-7-27-14(20-9)15(23,16(17,18)19)5-12(22)25-6-10-8-26-13(21-10)11-3-2-4-24-11/h2-4,7-8,23H,5-6H2,1H3/t15-/m0/s1. The minimum atomic E-state index is -5.08. The first-order chi connectivity index (χ1) is 12.7. The van der Waals surface area contributed by atoms with E-state index in [1.807, 2.05) is 0 Å². The second-order valence-corrected chi connectivity index (χ2v) is 7.33. The highest BCUT2D eigenvalue weighted by atomic mass is 32.1. The molecule has 3 heterocycles. The number of aryl methyl sites for hydroxylation is 1. The molecule has 6 nitrogen and oxygen atoms in total. The average Bonchev–Trinajstić information content (AvgIpc) is 3.32. The summed E-state index contributed by atoms with van der Waals surface area (Å²) < 4.78 is 50.2. The zero-order valence-electron chi connectivity index (χ0n) is 13.8. The zero-order chi connectivity index (χ0) is 19.7. The second kappa shape index (κ2) is 7.41. The molecule has 3 rings (SSSR count). The van der Waals surface area contributed by atoms with Crippen molar-refractivity contribution in [1.82, 2.24) is 9.97 Å². The Labute approximate surface area is 159 Å². The van der Waals surface area contributed by atoms with Crippen LogP contribution in [0.4, 0.5) is 13.2 Å². The predicted octanol–water partition coefficient (Wildman–Crippen LogP) is 4.05. The summed E-state index contributed by atoms with van der Waals surface area (Å²) in [7, 11) is 0. The largest absolute Gasteiger partial charge is 0.462 e. The van der Waals surface area contributed by atoms with Gasteiger partial charge >= 0.3 is 12.1 Å². The summed E-state index contributed by atoms with van der Waals surface area (Å²) in [5, 5.41) is 13.0. The number of carbonyl (C=O) groups excluding carboxylic acids is 1. The minimum Gasteiger partial charge on any atom is -0.462 e. The number of carbonyl (C=O) groups is 1. The second-order valence-electron chi connectivity index (χ2n) is 5.61. The van der Waals surface area contributed by atoms with Crippen LogP contribution >= 0.6 is 22.7 Å². The maximum absolute atomic E-state index is 13.4. The van der Waals surface area contributed by atoms with E-state index in [0.29, 0.717) is 33.5 Å². The van der Waals surface area contributed by atoms with Gasteiger partial charge in [0.1, 0.15) is 11.6 Å². The molecule has 144 valence electrons. The van der Waals surface area contributed by atoms with Gasteiger partial charge in [0.15, 0.2) is 10.8 Å². The summed E-state index contributed by atoms with van der Waals surface area (Å²) in [4.78, 5) is 19.8. The molecule has 0 aromatic carbocycles. The van der Waals surface area contributed by atoms with Crippen LogP contribution < -0.4 is 0 Å². The minimum absolute atomic E-state index is 0.318. The summed E-state index contributed by atoms with van der Waals surface area (Å²) in [6, 6.07) is 3.39. The molecule has 11 heteroatoms. The lowest BCUT2D eigenvalue weighted by molar-refractivity contribution is -0.269. The number of ether oxygens (including phenoxy) is 1. The first-order valence-corrected chi connectivity index (χ1v) is 9.30. The third-order valence-electron chi connectivity index (χ3n) is 3.51. The number of esters is 1. The van der Waals surface area contributed by atoms with Crippen LogP contribution in [0, 0.1) is 6.92 Å². The molecule has 0 radical (unpaired) electrons. The fraction of sp³-hybridized carbons (Fsp3) is 0.312. The Morgan fingerprint density at radius 2 is 2.07 bits per heavy atom.